The lowest BCUT2D eigenvalue weighted by atomic mass is 10.0. The van der Waals surface area contributed by atoms with Crippen molar-refractivity contribution in [2.75, 3.05) is 6.61 Å². The summed E-state index contributed by atoms with van der Waals surface area (Å²) in [6.45, 7) is 6.01. The minimum atomic E-state index is -1.08. The summed E-state index contributed by atoms with van der Waals surface area (Å²) < 4.78 is 5.66. The number of aliphatic hydroxyl groups excluding tert-OH is 1. The lowest BCUT2D eigenvalue weighted by Crippen LogP contribution is -2.16. The molecule has 3 rings (SSSR count). The van der Waals surface area contributed by atoms with E-state index >= 15 is 0 Å². The third kappa shape index (κ3) is 4.01. The lowest BCUT2D eigenvalue weighted by Gasteiger charge is -2.16. The second kappa shape index (κ2) is 8.05. The number of aromatic nitrogens is 3. The number of ketones is 1. The van der Waals surface area contributed by atoms with Gasteiger partial charge in [-0.15, -0.1) is 10.2 Å². The Labute approximate surface area is 157 Å². The highest BCUT2D eigenvalue weighted by Gasteiger charge is 2.26. The van der Waals surface area contributed by atoms with Crippen molar-refractivity contribution in [3.63, 3.8) is 0 Å². The number of hydrogen-bond acceptors (Lipinski definition) is 6. The first-order valence-electron chi connectivity index (χ1n) is 8.73. The maximum Gasteiger partial charge on any atom is 0.217 e. The van der Waals surface area contributed by atoms with Gasteiger partial charge < -0.3 is 9.84 Å². The van der Waals surface area contributed by atoms with Crippen LogP contribution in [0.4, 0.5) is 0 Å². The van der Waals surface area contributed by atoms with Crippen LogP contribution in [0.2, 0.25) is 0 Å². The number of aryl methyl sites for hydroxylation is 2. The van der Waals surface area contributed by atoms with Crippen LogP contribution in [-0.2, 0) is 0 Å². The van der Waals surface area contributed by atoms with E-state index in [2.05, 4.69) is 15.4 Å². The molecule has 0 amide bonds. The first-order valence-corrected chi connectivity index (χ1v) is 8.73. The molecule has 0 saturated heterocycles. The van der Waals surface area contributed by atoms with Crippen molar-refractivity contribution >= 4 is 5.78 Å². The van der Waals surface area contributed by atoms with Crippen LogP contribution in [0.1, 0.15) is 51.5 Å². The molecule has 1 unspecified atom stereocenters. The number of hydrogen-bond donors (Lipinski definition) is 1. The van der Waals surface area contributed by atoms with Gasteiger partial charge in [0.25, 0.3) is 0 Å². The number of carbonyl (C=O) groups excluding carboxylic acids is 1. The van der Waals surface area contributed by atoms with Gasteiger partial charge in [-0.25, -0.2) is 0 Å². The smallest absolute Gasteiger partial charge is 0.217 e. The predicted molar refractivity (Wildman–Crippen MR) is 101 cm³/mol. The van der Waals surface area contributed by atoms with Crippen LogP contribution >= 0.6 is 0 Å². The lowest BCUT2D eigenvalue weighted by molar-refractivity contribution is 0.102. The van der Waals surface area contributed by atoms with Crippen LogP contribution in [-0.4, -0.2) is 32.9 Å². The molecule has 1 heterocycles. The van der Waals surface area contributed by atoms with Gasteiger partial charge in [0.05, 0.1) is 6.61 Å². The SMILES string of the molecule is CCOc1c(C(=O)c2ccc(C)cc2)nnnc1C(O)c1ccc(C)cc1. The monoisotopic (exact) mass is 363 g/mol. The zero-order valence-electron chi connectivity index (χ0n) is 15.5. The van der Waals surface area contributed by atoms with E-state index in [1.807, 2.05) is 38.1 Å². The summed E-state index contributed by atoms with van der Waals surface area (Å²) in [6.07, 6.45) is -1.08. The average molecular weight is 363 g/mol. The molecule has 1 N–H and O–H groups in total. The van der Waals surface area contributed by atoms with Crippen LogP contribution < -0.4 is 4.74 Å². The van der Waals surface area contributed by atoms with Gasteiger partial charge in [0.1, 0.15) is 11.8 Å². The Morgan fingerprint density at radius 2 is 1.59 bits per heavy atom. The molecule has 0 spiro atoms. The van der Waals surface area contributed by atoms with Crippen LogP contribution in [0, 0.1) is 13.8 Å². The summed E-state index contributed by atoms with van der Waals surface area (Å²) in [6, 6.07) is 14.6. The molecule has 1 aromatic heterocycles. The van der Waals surface area contributed by atoms with Crippen LogP contribution in [0.3, 0.4) is 0 Å². The molecule has 0 aliphatic carbocycles. The van der Waals surface area contributed by atoms with Crippen LogP contribution in [0.15, 0.2) is 48.5 Å². The second-order valence-corrected chi connectivity index (χ2v) is 6.29. The zero-order valence-corrected chi connectivity index (χ0v) is 15.5. The Hall–Kier alpha value is -3.12. The van der Waals surface area contributed by atoms with Crippen LogP contribution in [0.5, 0.6) is 5.75 Å². The van der Waals surface area contributed by atoms with E-state index in [4.69, 9.17) is 4.74 Å². The molecule has 0 saturated carbocycles. The molecule has 0 aliphatic heterocycles. The minimum absolute atomic E-state index is 0.0388. The summed E-state index contributed by atoms with van der Waals surface area (Å²) in [7, 11) is 0. The quantitative estimate of drug-likeness (QED) is 0.677. The fourth-order valence-corrected chi connectivity index (χ4v) is 2.69. The molecule has 1 atom stereocenters. The Kier molecular flexibility index (Phi) is 5.57. The van der Waals surface area contributed by atoms with E-state index in [1.165, 1.54) is 0 Å². The molecular formula is C21H21N3O3. The van der Waals surface area contributed by atoms with Crippen molar-refractivity contribution in [2.24, 2.45) is 0 Å². The highest BCUT2D eigenvalue weighted by Crippen LogP contribution is 2.31. The largest absolute Gasteiger partial charge is 0.489 e. The number of ether oxygens (including phenoxy) is 1. The highest BCUT2D eigenvalue weighted by atomic mass is 16.5. The van der Waals surface area contributed by atoms with Crippen LogP contribution in [0.25, 0.3) is 0 Å². The maximum atomic E-state index is 12.9. The highest BCUT2D eigenvalue weighted by molar-refractivity contribution is 6.09. The van der Waals surface area contributed by atoms with Gasteiger partial charge in [0.15, 0.2) is 11.4 Å². The molecule has 0 radical (unpaired) electrons. The van der Waals surface area contributed by atoms with Crippen molar-refractivity contribution in [1.82, 2.24) is 15.4 Å². The van der Waals surface area contributed by atoms with E-state index in [1.54, 1.807) is 31.2 Å². The second-order valence-electron chi connectivity index (χ2n) is 6.29. The molecule has 6 nitrogen and oxygen atoms in total. The molecule has 0 aliphatic rings. The summed E-state index contributed by atoms with van der Waals surface area (Å²) in [5.74, 6) is -0.170. The summed E-state index contributed by atoms with van der Waals surface area (Å²) in [5, 5.41) is 22.3. The minimum Gasteiger partial charge on any atom is -0.489 e. The number of nitrogens with zero attached hydrogens (tertiary/aromatic N) is 3. The number of carbonyl (C=O) groups is 1. The predicted octanol–water partition coefficient (Wildman–Crippen LogP) is 3.20. The number of rotatable bonds is 6. The van der Waals surface area contributed by atoms with Gasteiger partial charge in [-0.2, -0.15) is 0 Å². The topological polar surface area (TPSA) is 85.2 Å². The number of aliphatic hydroxyl groups is 1. The van der Waals surface area contributed by atoms with Gasteiger partial charge in [-0.3, -0.25) is 4.79 Å². The van der Waals surface area contributed by atoms with E-state index < -0.39 is 6.10 Å². The first-order chi connectivity index (χ1) is 13.0. The molecule has 2 aromatic carbocycles. The molecule has 138 valence electrons. The van der Waals surface area contributed by atoms with Crippen molar-refractivity contribution in [3.8, 4) is 5.75 Å². The van der Waals surface area contributed by atoms with Crippen molar-refractivity contribution in [1.29, 1.82) is 0 Å². The zero-order chi connectivity index (χ0) is 19.4. The van der Waals surface area contributed by atoms with Gasteiger partial charge >= 0.3 is 0 Å². The average Bonchev–Trinajstić information content (AvgIpc) is 2.68. The number of benzene rings is 2. The summed E-state index contributed by atoms with van der Waals surface area (Å²) >= 11 is 0. The first kappa shape index (κ1) is 18.7. The molecule has 0 bridgehead atoms. The van der Waals surface area contributed by atoms with Crippen molar-refractivity contribution < 1.29 is 14.6 Å². The molecule has 6 heteroatoms. The molecule has 27 heavy (non-hydrogen) atoms. The van der Waals surface area contributed by atoms with Gasteiger partial charge in [0, 0.05) is 5.56 Å². The Balaban J connectivity index is 2.05. The Morgan fingerprint density at radius 1 is 1.00 bits per heavy atom. The molecule has 0 fully saturated rings. The molecular weight excluding hydrogens is 342 g/mol. The van der Waals surface area contributed by atoms with E-state index in [9.17, 15) is 9.90 Å². The van der Waals surface area contributed by atoms with Gasteiger partial charge in [-0.05, 0) is 31.5 Å². The van der Waals surface area contributed by atoms with E-state index in [-0.39, 0.29) is 22.9 Å². The van der Waals surface area contributed by atoms with E-state index in [0.29, 0.717) is 17.7 Å². The van der Waals surface area contributed by atoms with E-state index in [0.717, 1.165) is 11.1 Å². The Morgan fingerprint density at radius 3 is 2.19 bits per heavy atom. The summed E-state index contributed by atoms with van der Waals surface area (Å²) in [5.41, 5.74) is 3.44. The van der Waals surface area contributed by atoms with Gasteiger partial charge in [0.2, 0.25) is 5.78 Å². The summed E-state index contributed by atoms with van der Waals surface area (Å²) in [4.78, 5) is 12.9. The third-order valence-electron chi connectivity index (χ3n) is 4.21. The third-order valence-corrected chi connectivity index (χ3v) is 4.21. The van der Waals surface area contributed by atoms with Gasteiger partial charge in [-0.1, -0.05) is 59.7 Å². The fraction of sp³-hybridized carbons (Fsp3) is 0.238. The standard InChI is InChI=1S/C21H21N3O3/c1-4-27-21-17(19(25)15-9-5-13(2)6-10-15)22-24-23-18(21)20(26)16-11-7-14(3)8-12-16/h5-12,19,25H,4H2,1-3H3. The Bertz CT molecular complexity index is 938. The maximum absolute atomic E-state index is 12.9. The normalized spacial score (nSPS) is 11.9. The molecule has 3 aromatic rings. The fourth-order valence-electron chi connectivity index (χ4n) is 2.69. The van der Waals surface area contributed by atoms with Crippen molar-refractivity contribution in [2.45, 2.75) is 26.9 Å². The van der Waals surface area contributed by atoms with Crippen molar-refractivity contribution in [3.05, 3.63) is 82.2 Å².